The summed E-state index contributed by atoms with van der Waals surface area (Å²) in [6.07, 6.45) is 1.99. The van der Waals surface area contributed by atoms with E-state index in [2.05, 4.69) is 78.9 Å². The quantitative estimate of drug-likeness (QED) is 0.185. The third kappa shape index (κ3) is 3.37. The van der Waals surface area contributed by atoms with Gasteiger partial charge in [-0.1, -0.05) is 84.9 Å². The average molecular weight is 372 g/mol. The Labute approximate surface area is 170 Å². The van der Waals surface area contributed by atoms with Gasteiger partial charge < -0.3 is 0 Å². The van der Waals surface area contributed by atoms with Crippen LogP contribution in [0, 0.1) is 0 Å². The number of hydrogen-bond donors (Lipinski definition) is 0. The highest BCUT2D eigenvalue weighted by molar-refractivity contribution is 6.13. The summed E-state index contributed by atoms with van der Waals surface area (Å²) < 4.78 is 0. The van der Waals surface area contributed by atoms with Crippen LogP contribution in [0.2, 0.25) is 0 Å². The Kier molecular flexibility index (Phi) is 4.51. The van der Waals surface area contributed by atoms with Crippen molar-refractivity contribution in [1.82, 2.24) is 0 Å². The highest BCUT2D eigenvalue weighted by Crippen LogP contribution is 2.29. The van der Waals surface area contributed by atoms with Gasteiger partial charge in [0.05, 0.1) is 17.6 Å². The zero-order valence-corrected chi connectivity index (χ0v) is 15.9. The SMILES string of the molecule is C(=N/N(c1ccccc1)c1ccccc1)/c1c2ccccc2cc2ccccc12. The van der Waals surface area contributed by atoms with Crippen molar-refractivity contribution in [3.63, 3.8) is 0 Å². The molecule has 2 nitrogen and oxygen atoms in total. The topological polar surface area (TPSA) is 15.6 Å². The third-order valence-electron chi connectivity index (χ3n) is 5.12. The molecule has 138 valence electrons. The summed E-state index contributed by atoms with van der Waals surface area (Å²) in [6, 6.07) is 39.7. The van der Waals surface area contributed by atoms with Crippen LogP contribution in [-0.2, 0) is 0 Å². The van der Waals surface area contributed by atoms with E-state index in [4.69, 9.17) is 5.10 Å². The minimum Gasteiger partial charge on any atom is -0.234 e. The fourth-order valence-electron chi connectivity index (χ4n) is 3.72. The van der Waals surface area contributed by atoms with Gasteiger partial charge >= 0.3 is 0 Å². The number of benzene rings is 5. The minimum atomic E-state index is 1.03. The van der Waals surface area contributed by atoms with Crippen LogP contribution in [0.1, 0.15) is 5.56 Å². The van der Waals surface area contributed by atoms with Gasteiger partial charge in [-0.2, -0.15) is 5.10 Å². The molecule has 0 aliphatic rings. The van der Waals surface area contributed by atoms with E-state index in [-0.39, 0.29) is 0 Å². The lowest BCUT2D eigenvalue weighted by Gasteiger charge is -2.19. The van der Waals surface area contributed by atoms with Crippen molar-refractivity contribution in [3.05, 3.63) is 121 Å². The maximum atomic E-state index is 4.94. The van der Waals surface area contributed by atoms with Crippen LogP contribution in [0.4, 0.5) is 11.4 Å². The Bertz CT molecular complexity index is 1200. The van der Waals surface area contributed by atoms with Gasteiger partial charge in [-0.05, 0) is 51.9 Å². The zero-order chi connectivity index (χ0) is 19.5. The first kappa shape index (κ1) is 17.2. The molecule has 2 heteroatoms. The Morgan fingerprint density at radius 1 is 0.517 bits per heavy atom. The number of hydrogen-bond acceptors (Lipinski definition) is 2. The molecule has 0 atom stereocenters. The van der Waals surface area contributed by atoms with Crippen LogP contribution in [0.5, 0.6) is 0 Å². The summed E-state index contributed by atoms with van der Waals surface area (Å²) in [5, 5.41) is 11.8. The van der Waals surface area contributed by atoms with E-state index in [0.29, 0.717) is 0 Å². The fourth-order valence-corrected chi connectivity index (χ4v) is 3.72. The molecule has 0 aromatic heterocycles. The Morgan fingerprint density at radius 2 is 0.966 bits per heavy atom. The smallest absolute Gasteiger partial charge is 0.0652 e. The van der Waals surface area contributed by atoms with Crippen molar-refractivity contribution in [3.8, 4) is 0 Å². The molecular weight excluding hydrogens is 352 g/mol. The molecule has 5 aromatic rings. The monoisotopic (exact) mass is 372 g/mol. The van der Waals surface area contributed by atoms with E-state index >= 15 is 0 Å². The molecule has 0 aliphatic carbocycles. The number of hydrazone groups is 1. The first-order valence-electron chi connectivity index (χ1n) is 9.75. The maximum Gasteiger partial charge on any atom is 0.0652 e. The van der Waals surface area contributed by atoms with Crippen molar-refractivity contribution in [1.29, 1.82) is 0 Å². The summed E-state index contributed by atoms with van der Waals surface area (Å²) in [5.41, 5.74) is 3.19. The van der Waals surface area contributed by atoms with E-state index < -0.39 is 0 Å². The molecule has 0 saturated carbocycles. The number of rotatable bonds is 4. The minimum absolute atomic E-state index is 1.03. The molecule has 29 heavy (non-hydrogen) atoms. The summed E-state index contributed by atoms with van der Waals surface area (Å²) in [5.74, 6) is 0. The Morgan fingerprint density at radius 3 is 1.48 bits per heavy atom. The van der Waals surface area contributed by atoms with Crippen molar-refractivity contribution in [2.45, 2.75) is 0 Å². The van der Waals surface area contributed by atoms with Crippen LogP contribution >= 0.6 is 0 Å². The first-order valence-corrected chi connectivity index (χ1v) is 9.75. The molecule has 0 saturated heterocycles. The predicted molar refractivity (Wildman–Crippen MR) is 124 cm³/mol. The first-order chi connectivity index (χ1) is 14.4. The predicted octanol–water partition coefficient (Wildman–Crippen LogP) is 7.17. The second-order valence-electron chi connectivity index (χ2n) is 6.96. The molecule has 0 spiro atoms. The zero-order valence-electron chi connectivity index (χ0n) is 15.9. The van der Waals surface area contributed by atoms with Crippen LogP contribution < -0.4 is 5.01 Å². The lowest BCUT2D eigenvalue weighted by atomic mass is 9.97. The number of nitrogens with zero attached hydrogens (tertiary/aromatic N) is 2. The summed E-state index contributed by atoms with van der Waals surface area (Å²) >= 11 is 0. The largest absolute Gasteiger partial charge is 0.234 e. The molecule has 0 amide bonds. The normalized spacial score (nSPS) is 11.3. The number of anilines is 2. The number of fused-ring (bicyclic) bond motifs is 2. The molecular formula is C27H20N2. The van der Waals surface area contributed by atoms with Gasteiger partial charge in [-0.15, -0.1) is 0 Å². The van der Waals surface area contributed by atoms with Gasteiger partial charge in [0, 0.05) is 5.56 Å². The molecule has 0 N–H and O–H groups in total. The molecule has 0 unspecified atom stereocenters. The Hall–Kier alpha value is -3.91. The van der Waals surface area contributed by atoms with Crippen molar-refractivity contribution in [2.24, 2.45) is 5.10 Å². The van der Waals surface area contributed by atoms with Crippen LogP contribution in [-0.4, -0.2) is 6.21 Å². The fraction of sp³-hybridized carbons (Fsp3) is 0. The standard InChI is InChI=1S/C27H20N2/c1-3-13-23(14-4-1)29(24-15-5-2-6-16-24)28-20-27-25-17-9-7-11-21(25)19-22-12-8-10-18-26(22)27/h1-20H/b28-20-. The molecule has 0 fully saturated rings. The van der Waals surface area contributed by atoms with E-state index in [0.717, 1.165) is 16.9 Å². The molecule has 5 aromatic carbocycles. The lowest BCUT2D eigenvalue weighted by Crippen LogP contribution is -2.09. The molecule has 0 radical (unpaired) electrons. The lowest BCUT2D eigenvalue weighted by molar-refractivity contribution is 1.09. The van der Waals surface area contributed by atoms with E-state index in [9.17, 15) is 0 Å². The molecule has 0 aliphatic heterocycles. The van der Waals surface area contributed by atoms with Gasteiger partial charge in [0.25, 0.3) is 0 Å². The second-order valence-corrected chi connectivity index (χ2v) is 6.96. The molecule has 0 bridgehead atoms. The summed E-state index contributed by atoms with van der Waals surface area (Å²) in [4.78, 5) is 0. The third-order valence-corrected chi connectivity index (χ3v) is 5.12. The highest BCUT2D eigenvalue weighted by atomic mass is 15.5. The summed E-state index contributed by atoms with van der Waals surface area (Å²) in [7, 11) is 0. The molecule has 5 rings (SSSR count). The maximum absolute atomic E-state index is 4.94. The van der Waals surface area contributed by atoms with Gasteiger partial charge in [0.15, 0.2) is 0 Å². The van der Waals surface area contributed by atoms with Crippen LogP contribution in [0.3, 0.4) is 0 Å². The Balaban J connectivity index is 1.70. The average Bonchev–Trinajstić information content (AvgIpc) is 2.80. The van der Waals surface area contributed by atoms with E-state index in [1.807, 2.05) is 47.6 Å². The van der Waals surface area contributed by atoms with E-state index in [1.165, 1.54) is 21.5 Å². The molecule has 0 heterocycles. The second kappa shape index (κ2) is 7.61. The number of para-hydroxylation sites is 2. The van der Waals surface area contributed by atoms with Gasteiger partial charge in [-0.25, -0.2) is 5.01 Å². The summed E-state index contributed by atoms with van der Waals surface area (Å²) in [6.45, 7) is 0. The van der Waals surface area contributed by atoms with Gasteiger partial charge in [0.2, 0.25) is 0 Å². The van der Waals surface area contributed by atoms with Crippen LogP contribution in [0.15, 0.2) is 120 Å². The van der Waals surface area contributed by atoms with Crippen molar-refractivity contribution >= 4 is 39.1 Å². The van der Waals surface area contributed by atoms with Crippen molar-refractivity contribution in [2.75, 3.05) is 5.01 Å². The van der Waals surface area contributed by atoms with E-state index in [1.54, 1.807) is 0 Å². The van der Waals surface area contributed by atoms with Gasteiger partial charge in [0.1, 0.15) is 0 Å². The van der Waals surface area contributed by atoms with Crippen molar-refractivity contribution < 1.29 is 0 Å². The van der Waals surface area contributed by atoms with Gasteiger partial charge in [-0.3, -0.25) is 0 Å². The van der Waals surface area contributed by atoms with Crippen LogP contribution in [0.25, 0.3) is 21.5 Å². The highest BCUT2D eigenvalue weighted by Gasteiger charge is 2.09.